The van der Waals surface area contributed by atoms with Gasteiger partial charge in [-0.2, -0.15) is 0 Å². The first-order chi connectivity index (χ1) is 14.5. The molecule has 0 amide bonds. The van der Waals surface area contributed by atoms with Gasteiger partial charge >= 0.3 is 0 Å². The Labute approximate surface area is 180 Å². The number of nitrogens with zero attached hydrogens (tertiary/aromatic N) is 2. The van der Waals surface area contributed by atoms with Crippen molar-refractivity contribution >= 4 is 10.8 Å². The molecule has 2 heteroatoms. The van der Waals surface area contributed by atoms with Gasteiger partial charge in [-0.15, -0.1) is 0 Å². The molecule has 0 aliphatic rings. The van der Waals surface area contributed by atoms with Crippen molar-refractivity contribution in [1.29, 1.82) is 0 Å². The number of hydrogen-bond donors (Lipinski definition) is 0. The Bertz CT molecular complexity index is 1160. The molecule has 1 atom stereocenters. The van der Waals surface area contributed by atoms with E-state index in [1.165, 1.54) is 38.6 Å². The summed E-state index contributed by atoms with van der Waals surface area (Å²) in [6.07, 6.45) is 0. The quantitative estimate of drug-likeness (QED) is 0.361. The molecule has 0 saturated heterocycles. The fraction of sp³-hybridized carbons (Fsp3) is 0.250. The molecule has 30 heavy (non-hydrogen) atoms. The molecule has 152 valence electrons. The number of fused-ring (bicyclic) bond motifs is 1. The minimum absolute atomic E-state index is 0.336. The molecular formula is C28H30N2. The van der Waals surface area contributed by atoms with E-state index in [1.54, 1.807) is 0 Å². The molecule has 0 fully saturated rings. The summed E-state index contributed by atoms with van der Waals surface area (Å²) in [6.45, 7) is 9.64. The Balaban J connectivity index is 1.80. The van der Waals surface area contributed by atoms with E-state index in [4.69, 9.17) is 4.98 Å². The Morgan fingerprint density at radius 3 is 2.03 bits per heavy atom. The van der Waals surface area contributed by atoms with Crippen LogP contribution in [0.4, 0.5) is 0 Å². The van der Waals surface area contributed by atoms with Gasteiger partial charge in [-0.1, -0.05) is 72.8 Å². The van der Waals surface area contributed by atoms with Gasteiger partial charge in [0.05, 0.1) is 5.69 Å². The van der Waals surface area contributed by atoms with E-state index in [2.05, 4.69) is 112 Å². The molecule has 4 rings (SSSR count). The van der Waals surface area contributed by atoms with Crippen molar-refractivity contribution < 1.29 is 0 Å². The molecule has 0 bridgehead atoms. The maximum absolute atomic E-state index is 5.15. The summed E-state index contributed by atoms with van der Waals surface area (Å²) in [5.74, 6) is 0. The Hall–Kier alpha value is -2.97. The average molecular weight is 395 g/mol. The first kappa shape index (κ1) is 20.3. The zero-order valence-corrected chi connectivity index (χ0v) is 18.6. The van der Waals surface area contributed by atoms with Crippen LogP contribution in [0.5, 0.6) is 0 Å². The summed E-state index contributed by atoms with van der Waals surface area (Å²) in [7, 11) is 2.20. The molecule has 0 N–H and O–H groups in total. The molecule has 3 aromatic carbocycles. The maximum atomic E-state index is 5.15. The molecule has 0 aliphatic heterocycles. The number of hydrogen-bond acceptors (Lipinski definition) is 2. The van der Waals surface area contributed by atoms with Gasteiger partial charge in [-0.25, -0.2) is 0 Å². The topological polar surface area (TPSA) is 16.1 Å². The third-order valence-corrected chi connectivity index (χ3v) is 6.29. The highest BCUT2D eigenvalue weighted by molar-refractivity contribution is 5.98. The number of aryl methyl sites for hydroxylation is 3. The third kappa shape index (κ3) is 3.76. The van der Waals surface area contributed by atoms with Gasteiger partial charge in [0.1, 0.15) is 0 Å². The third-order valence-electron chi connectivity index (χ3n) is 6.29. The van der Waals surface area contributed by atoms with Crippen LogP contribution in [-0.4, -0.2) is 16.9 Å². The van der Waals surface area contributed by atoms with Crippen LogP contribution in [0.3, 0.4) is 0 Å². The standard InChI is InChI=1S/C28H30N2/c1-19-12-11-13-20(2)27(19)28-25-17-10-9-16-24(25)26(21(3)29-28)18-30(5)22(4)23-14-7-6-8-15-23/h6-17,22H,18H2,1-5H3/t22-/m0/s1. The average Bonchev–Trinajstić information content (AvgIpc) is 2.76. The van der Waals surface area contributed by atoms with Crippen molar-refractivity contribution in [3.05, 3.63) is 101 Å². The van der Waals surface area contributed by atoms with Crippen LogP contribution >= 0.6 is 0 Å². The van der Waals surface area contributed by atoms with Crippen molar-refractivity contribution in [2.24, 2.45) is 0 Å². The molecule has 0 spiro atoms. The van der Waals surface area contributed by atoms with Crippen molar-refractivity contribution in [2.45, 2.75) is 40.3 Å². The smallest absolute Gasteiger partial charge is 0.0789 e. The summed E-state index contributed by atoms with van der Waals surface area (Å²) < 4.78 is 0. The minimum atomic E-state index is 0.336. The molecule has 0 unspecified atom stereocenters. The zero-order chi connectivity index (χ0) is 21.3. The Kier molecular flexibility index (Phi) is 5.69. The van der Waals surface area contributed by atoms with Crippen LogP contribution in [0.2, 0.25) is 0 Å². The molecule has 4 aromatic rings. The molecule has 0 saturated carbocycles. The molecule has 1 aromatic heterocycles. The lowest BCUT2D eigenvalue weighted by atomic mass is 9.93. The maximum Gasteiger partial charge on any atom is 0.0789 e. The SMILES string of the molecule is Cc1cccc(C)c1-c1nc(C)c(CN(C)[C@@H](C)c2ccccc2)c2ccccc12. The normalized spacial score (nSPS) is 12.5. The highest BCUT2D eigenvalue weighted by atomic mass is 15.1. The molecule has 0 aliphatic carbocycles. The molecular weight excluding hydrogens is 364 g/mol. The van der Waals surface area contributed by atoms with Crippen LogP contribution in [-0.2, 0) is 6.54 Å². The van der Waals surface area contributed by atoms with Crippen LogP contribution in [0.1, 0.15) is 40.9 Å². The minimum Gasteiger partial charge on any atom is -0.295 e. The molecule has 1 heterocycles. The molecule has 0 radical (unpaired) electrons. The van der Waals surface area contributed by atoms with Crippen LogP contribution in [0.25, 0.3) is 22.0 Å². The number of benzene rings is 3. The fourth-order valence-electron chi connectivity index (χ4n) is 4.39. The van der Waals surface area contributed by atoms with E-state index >= 15 is 0 Å². The summed E-state index contributed by atoms with van der Waals surface area (Å²) in [6, 6.07) is 26.2. The second kappa shape index (κ2) is 8.41. The number of aromatic nitrogens is 1. The second-order valence-electron chi connectivity index (χ2n) is 8.34. The lowest BCUT2D eigenvalue weighted by Crippen LogP contribution is -2.22. The van der Waals surface area contributed by atoms with Crippen LogP contribution in [0, 0.1) is 20.8 Å². The highest BCUT2D eigenvalue weighted by Crippen LogP contribution is 2.35. The van der Waals surface area contributed by atoms with Gasteiger partial charge in [-0.05, 0) is 62.4 Å². The van der Waals surface area contributed by atoms with Crippen LogP contribution in [0.15, 0.2) is 72.8 Å². The summed E-state index contributed by atoms with van der Waals surface area (Å²) in [5, 5.41) is 2.53. The van der Waals surface area contributed by atoms with Gasteiger partial charge in [0.2, 0.25) is 0 Å². The van der Waals surface area contributed by atoms with Crippen molar-refractivity contribution in [1.82, 2.24) is 9.88 Å². The monoisotopic (exact) mass is 394 g/mol. The fourth-order valence-corrected chi connectivity index (χ4v) is 4.39. The predicted octanol–water partition coefficient (Wildman–Crippen LogP) is 7.02. The predicted molar refractivity (Wildman–Crippen MR) is 128 cm³/mol. The van der Waals surface area contributed by atoms with Crippen LogP contribution < -0.4 is 0 Å². The van der Waals surface area contributed by atoms with E-state index in [-0.39, 0.29) is 0 Å². The van der Waals surface area contributed by atoms with E-state index < -0.39 is 0 Å². The van der Waals surface area contributed by atoms with Gasteiger partial charge in [0.15, 0.2) is 0 Å². The van der Waals surface area contributed by atoms with E-state index in [1.807, 2.05) is 0 Å². The summed E-state index contributed by atoms with van der Waals surface area (Å²) in [5.41, 5.74) is 8.66. The Morgan fingerprint density at radius 1 is 0.767 bits per heavy atom. The summed E-state index contributed by atoms with van der Waals surface area (Å²) in [4.78, 5) is 7.56. The first-order valence-corrected chi connectivity index (χ1v) is 10.7. The zero-order valence-electron chi connectivity index (χ0n) is 18.6. The Morgan fingerprint density at radius 2 is 1.37 bits per heavy atom. The molecule has 2 nitrogen and oxygen atoms in total. The van der Waals surface area contributed by atoms with Gasteiger partial charge in [0, 0.05) is 29.2 Å². The van der Waals surface area contributed by atoms with Crippen molar-refractivity contribution in [3.63, 3.8) is 0 Å². The second-order valence-corrected chi connectivity index (χ2v) is 8.34. The van der Waals surface area contributed by atoms with Crippen molar-refractivity contribution in [2.75, 3.05) is 7.05 Å². The lowest BCUT2D eigenvalue weighted by molar-refractivity contribution is 0.253. The summed E-state index contributed by atoms with van der Waals surface area (Å²) >= 11 is 0. The van der Waals surface area contributed by atoms with E-state index in [0.717, 1.165) is 17.9 Å². The van der Waals surface area contributed by atoms with Gasteiger partial charge in [0.25, 0.3) is 0 Å². The van der Waals surface area contributed by atoms with E-state index in [9.17, 15) is 0 Å². The first-order valence-electron chi connectivity index (χ1n) is 10.7. The number of pyridine rings is 1. The largest absolute Gasteiger partial charge is 0.295 e. The van der Waals surface area contributed by atoms with Gasteiger partial charge in [-0.3, -0.25) is 9.88 Å². The number of rotatable bonds is 5. The van der Waals surface area contributed by atoms with Gasteiger partial charge < -0.3 is 0 Å². The van der Waals surface area contributed by atoms with E-state index in [0.29, 0.717) is 6.04 Å². The highest BCUT2D eigenvalue weighted by Gasteiger charge is 2.18. The lowest BCUT2D eigenvalue weighted by Gasteiger charge is -2.27. The van der Waals surface area contributed by atoms with Crippen molar-refractivity contribution in [3.8, 4) is 11.3 Å².